The molecule has 1 aliphatic rings. The van der Waals surface area contributed by atoms with E-state index in [1.807, 2.05) is 0 Å². The first-order valence-corrected chi connectivity index (χ1v) is 6.64. The monoisotopic (exact) mass is 263 g/mol. The molecular weight excluding hydrogens is 250 g/mol. The summed E-state index contributed by atoms with van der Waals surface area (Å²) in [6, 6.07) is 0. The molecule has 1 N–H and O–H groups in total. The minimum absolute atomic E-state index is 0.0636. The van der Waals surface area contributed by atoms with E-state index in [-0.39, 0.29) is 11.5 Å². The van der Waals surface area contributed by atoms with Crippen molar-refractivity contribution in [1.82, 2.24) is 14.9 Å². The van der Waals surface area contributed by atoms with Gasteiger partial charge in [-0.1, -0.05) is 0 Å². The Bertz CT molecular complexity index is 701. The molecule has 0 unspecified atom stereocenters. The molecule has 94 valence electrons. The van der Waals surface area contributed by atoms with Crippen molar-refractivity contribution in [3.8, 4) is 0 Å². The second-order valence-electron chi connectivity index (χ2n) is 4.53. The number of carbonyl (C=O) groups excluding carboxylic acids is 1. The second-order valence-corrected chi connectivity index (χ2v) is 5.61. The Kier molecular flexibility index (Phi) is 2.48. The summed E-state index contributed by atoms with van der Waals surface area (Å²) >= 11 is 1.52. The average Bonchev–Trinajstić information content (AvgIpc) is 2.65. The van der Waals surface area contributed by atoms with Crippen LogP contribution in [0.3, 0.4) is 0 Å². The quantitative estimate of drug-likeness (QED) is 0.776. The van der Waals surface area contributed by atoms with Crippen molar-refractivity contribution in [2.24, 2.45) is 0 Å². The number of aromatic nitrogens is 2. The first-order chi connectivity index (χ1) is 8.56. The number of nitrogens with zero attached hydrogens (tertiary/aromatic N) is 2. The Hall–Kier alpha value is -1.69. The lowest BCUT2D eigenvalue weighted by Gasteiger charge is -2.25. The number of aryl methyl sites for hydroxylation is 1. The van der Waals surface area contributed by atoms with E-state index in [0.29, 0.717) is 24.3 Å². The van der Waals surface area contributed by atoms with Crippen molar-refractivity contribution in [3.05, 3.63) is 26.6 Å². The van der Waals surface area contributed by atoms with Gasteiger partial charge in [0.25, 0.3) is 5.56 Å². The van der Waals surface area contributed by atoms with Gasteiger partial charge in [0.1, 0.15) is 10.7 Å². The molecule has 0 fully saturated rings. The minimum Gasteiger partial charge on any atom is -0.337 e. The van der Waals surface area contributed by atoms with Crippen LogP contribution in [0.2, 0.25) is 0 Å². The highest BCUT2D eigenvalue weighted by molar-refractivity contribution is 7.18. The summed E-state index contributed by atoms with van der Waals surface area (Å²) in [5, 5.41) is 0.712. The molecule has 0 aliphatic carbocycles. The van der Waals surface area contributed by atoms with Crippen LogP contribution in [0.1, 0.15) is 23.2 Å². The molecule has 6 heteroatoms. The molecule has 5 nitrogen and oxygen atoms in total. The third kappa shape index (κ3) is 1.64. The predicted molar refractivity (Wildman–Crippen MR) is 69.8 cm³/mol. The largest absolute Gasteiger partial charge is 0.337 e. The molecule has 0 aromatic carbocycles. The lowest BCUT2D eigenvalue weighted by molar-refractivity contribution is -0.129. The summed E-state index contributed by atoms with van der Waals surface area (Å²) in [5.41, 5.74) is 1.01. The summed E-state index contributed by atoms with van der Waals surface area (Å²) < 4.78 is 0. The number of aromatic amines is 1. The molecule has 18 heavy (non-hydrogen) atoms. The first-order valence-electron chi connectivity index (χ1n) is 5.83. The van der Waals surface area contributed by atoms with Crippen LogP contribution in [0.25, 0.3) is 10.2 Å². The summed E-state index contributed by atoms with van der Waals surface area (Å²) in [6.45, 7) is 4.64. The number of hydrogen-bond donors (Lipinski definition) is 1. The van der Waals surface area contributed by atoms with Gasteiger partial charge < -0.3 is 9.88 Å². The number of nitrogens with one attached hydrogen (secondary N) is 1. The molecule has 2 aromatic rings. The van der Waals surface area contributed by atoms with Gasteiger partial charge in [0.15, 0.2) is 0 Å². The predicted octanol–water partition coefficient (Wildman–Crippen LogP) is 1.20. The Labute approximate surface area is 107 Å². The van der Waals surface area contributed by atoms with Crippen LogP contribution in [0.15, 0.2) is 4.79 Å². The Morgan fingerprint density at radius 2 is 2.28 bits per heavy atom. The maximum Gasteiger partial charge on any atom is 0.259 e. The van der Waals surface area contributed by atoms with Crippen molar-refractivity contribution >= 4 is 27.5 Å². The van der Waals surface area contributed by atoms with Gasteiger partial charge in [-0.25, -0.2) is 4.98 Å². The fourth-order valence-electron chi connectivity index (χ4n) is 2.38. The van der Waals surface area contributed by atoms with E-state index in [1.54, 1.807) is 18.7 Å². The van der Waals surface area contributed by atoms with Crippen LogP contribution in [0.5, 0.6) is 0 Å². The van der Waals surface area contributed by atoms with Gasteiger partial charge >= 0.3 is 0 Å². The number of rotatable bonds is 0. The summed E-state index contributed by atoms with van der Waals surface area (Å²) in [6.07, 6.45) is 0.739. The van der Waals surface area contributed by atoms with Gasteiger partial charge in [-0.3, -0.25) is 9.59 Å². The van der Waals surface area contributed by atoms with Gasteiger partial charge in [-0.15, -0.1) is 11.3 Å². The Morgan fingerprint density at radius 1 is 1.50 bits per heavy atom. The molecule has 0 radical (unpaired) electrons. The maximum atomic E-state index is 12.0. The lowest BCUT2D eigenvalue weighted by Crippen LogP contribution is -2.33. The number of fused-ring (bicyclic) bond motifs is 3. The van der Waals surface area contributed by atoms with E-state index < -0.39 is 0 Å². The maximum absolute atomic E-state index is 12.0. The normalized spacial score (nSPS) is 14.9. The SMILES string of the molecule is CC(=O)N1CCc2c(sc3nc(C)[nH]c(=O)c23)C1. The van der Waals surface area contributed by atoms with E-state index in [2.05, 4.69) is 9.97 Å². The van der Waals surface area contributed by atoms with Gasteiger partial charge in [0, 0.05) is 18.3 Å². The zero-order valence-corrected chi connectivity index (χ0v) is 11.1. The van der Waals surface area contributed by atoms with Gasteiger partial charge in [0.2, 0.25) is 5.91 Å². The van der Waals surface area contributed by atoms with Crippen LogP contribution in [-0.2, 0) is 17.8 Å². The second kappa shape index (κ2) is 3.91. The van der Waals surface area contributed by atoms with Crippen molar-refractivity contribution in [1.29, 1.82) is 0 Å². The molecule has 0 atom stereocenters. The van der Waals surface area contributed by atoms with E-state index in [1.165, 1.54) is 11.3 Å². The van der Waals surface area contributed by atoms with E-state index in [4.69, 9.17) is 0 Å². The Morgan fingerprint density at radius 3 is 3.00 bits per heavy atom. The van der Waals surface area contributed by atoms with Crippen LogP contribution in [-0.4, -0.2) is 27.3 Å². The fraction of sp³-hybridized carbons (Fsp3) is 0.417. The number of H-pyrrole nitrogens is 1. The van der Waals surface area contributed by atoms with E-state index in [9.17, 15) is 9.59 Å². The molecule has 3 rings (SSSR count). The molecule has 1 amide bonds. The molecule has 0 bridgehead atoms. The number of amides is 1. The van der Waals surface area contributed by atoms with Crippen LogP contribution in [0.4, 0.5) is 0 Å². The molecule has 2 aromatic heterocycles. The van der Waals surface area contributed by atoms with E-state index in [0.717, 1.165) is 21.7 Å². The molecular formula is C12H13N3O2S. The number of thiophene rings is 1. The topological polar surface area (TPSA) is 66.1 Å². The van der Waals surface area contributed by atoms with Crippen LogP contribution in [0, 0.1) is 6.92 Å². The highest BCUT2D eigenvalue weighted by Crippen LogP contribution is 2.32. The number of carbonyl (C=O) groups is 1. The highest BCUT2D eigenvalue weighted by atomic mass is 32.1. The smallest absolute Gasteiger partial charge is 0.259 e. The third-order valence-corrected chi connectivity index (χ3v) is 4.39. The summed E-state index contributed by atoms with van der Waals surface area (Å²) in [5.74, 6) is 0.714. The molecule has 0 saturated carbocycles. The van der Waals surface area contributed by atoms with Gasteiger partial charge in [0.05, 0.1) is 11.9 Å². The lowest BCUT2D eigenvalue weighted by atomic mass is 10.1. The zero-order valence-electron chi connectivity index (χ0n) is 10.2. The third-order valence-electron chi connectivity index (χ3n) is 3.27. The van der Waals surface area contributed by atoms with Crippen LogP contribution >= 0.6 is 11.3 Å². The molecule has 1 aliphatic heterocycles. The molecule has 3 heterocycles. The highest BCUT2D eigenvalue weighted by Gasteiger charge is 2.24. The van der Waals surface area contributed by atoms with Crippen molar-refractivity contribution in [2.75, 3.05) is 6.54 Å². The van der Waals surface area contributed by atoms with Crippen molar-refractivity contribution < 1.29 is 4.79 Å². The first kappa shape index (κ1) is 11.4. The molecule has 0 saturated heterocycles. The number of hydrogen-bond acceptors (Lipinski definition) is 4. The molecule has 0 spiro atoms. The minimum atomic E-state index is -0.0636. The van der Waals surface area contributed by atoms with Crippen LogP contribution < -0.4 is 5.56 Å². The van der Waals surface area contributed by atoms with E-state index >= 15 is 0 Å². The van der Waals surface area contributed by atoms with Gasteiger partial charge in [-0.05, 0) is 18.9 Å². The van der Waals surface area contributed by atoms with Gasteiger partial charge in [-0.2, -0.15) is 0 Å². The summed E-state index contributed by atoms with van der Waals surface area (Å²) in [4.78, 5) is 34.2. The standard InChI is InChI=1S/C12H13N3O2S/c1-6-13-11(17)10-8-3-4-15(7(2)16)5-9(8)18-12(10)14-6/h3-5H2,1-2H3,(H,13,14,17). The van der Waals surface area contributed by atoms with Crippen molar-refractivity contribution in [3.63, 3.8) is 0 Å². The Balaban J connectivity index is 2.19. The fourth-order valence-corrected chi connectivity index (χ4v) is 3.66. The summed E-state index contributed by atoms with van der Waals surface area (Å²) in [7, 11) is 0. The average molecular weight is 263 g/mol. The zero-order chi connectivity index (χ0) is 12.9. The van der Waals surface area contributed by atoms with Crippen molar-refractivity contribution in [2.45, 2.75) is 26.8 Å².